The Balaban J connectivity index is 1.97. The largest absolute Gasteiger partial charge is 0.328 e. The number of rotatable bonds is 5. The van der Waals surface area contributed by atoms with Crippen molar-refractivity contribution in [1.29, 1.82) is 5.26 Å². The Bertz CT molecular complexity index is 755. The van der Waals surface area contributed by atoms with Gasteiger partial charge in [-0.25, -0.2) is 0 Å². The normalized spacial score (nSPS) is 25.5. The lowest BCUT2D eigenvalue weighted by Gasteiger charge is -2.51. The number of carbonyl (C=O) groups is 1. The maximum absolute atomic E-state index is 12.5. The van der Waals surface area contributed by atoms with Crippen LogP contribution in [0.2, 0.25) is 0 Å². The van der Waals surface area contributed by atoms with Gasteiger partial charge in [-0.3, -0.25) is 4.79 Å². The number of nitriles is 1. The van der Waals surface area contributed by atoms with Gasteiger partial charge in [-0.05, 0) is 62.1 Å². The predicted molar refractivity (Wildman–Crippen MR) is 112 cm³/mol. The minimum Gasteiger partial charge on any atom is -0.328 e. The quantitative estimate of drug-likeness (QED) is 0.709. The number of benzene rings is 1. The van der Waals surface area contributed by atoms with Crippen LogP contribution in [-0.2, 0) is 11.2 Å². The van der Waals surface area contributed by atoms with Crippen molar-refractivity contribution in [3.8, 4) is 6.07 Å². The van der Waals surface area contributed by atoms with Gasteiger partial charge in [0.2, 0.25) is 0 Å². The molecule has 1 N–H and O–H groups in total. The summed E-state index contributed by atoms with van der Waals surface area (Å²) in [6, 6.07) is 10.5. The molecule has 1 amide bonds. The minimum absolute atomic E-state index is 0.0941. The van der Waals surface area contributed by atoms with Crippen molar-refractivity contribution < 1.29 is 4.79 Å². The smallest absolute Gasteiger partial charge is 0.266 e. The third-order valence-corrected chi connectivity index (χ3v) is 6.50. The zero-order valence-electron chi connectivity index (χ0n) is 16.3. The Morgan fingerprint density at radius 3 is 2.48 bits per heavy atom. The molecule has 4 nitrogen and oxygen atoms in total. The highest BCUT2D eigenvalue weighted by molar-refractivity contribution is 7.84. The van der Waals surface area contributed by atoms with E-state index in [0.717, 1.165) is 37.8 Å². The van der Waals surface area contributed by atoms with Gasteiger partial charge in [-0.2, -0.15) is 5.26 Å². The van der Waals surface area contributed by atoms with Gasteiger partial charge >= 0.3 is 0 Å². The minimum atomic E-state index is -0.481. The Morgan fingerprint density at radius 2 is 1.93 bits per heavy atom. The first-order valence-electron chi connectivity index (χ1n) is 10.1. The molecule has 0 radical (unpaired) electrons. The lowest BCUT2D eigenvalue weighted by molar-refractivity contribution is -0.120. The fourth-order valence-corrected chi connectivity index (χ4v) is 4.78. The molecule has 1 fully saturated rings. The van der Waals surface area contributed by atoms with E-state index in [1.165, 1.54) is 24.8 Å². The molecule has 1 aromatic carbocycles. The first kappa shape index (κ1) is 19.8. The molecule has 144 valence electrons. The molecule has 0 saturated heterocycles. The van der Waals surface area contributed by atoms with Crippen LogP contribution in [0, 0.1) is 17.2 Å². The number of nitrogens with zero attached hydrogens (tertiary/aromatic N) is 2. The van der Waals surface area contributed by atoms with Gasteiger partial charge in [0.05, 0.1) is 5.03 Å². The molecule has 1 aliphatic carbocycles. The molecule has 5 heteroatoms. The third-order valence-electron chi connectivity index (χ3n) is 6.07. The van der Waals surface area contributed by atoms with Crippen LogP contribution in [0.15, 0.2) is 34.9 Å². The van der Waals surface area contributed by atoms with Crippen LogP contribution in [-0.4, -0.2) is 11.6 Å². The Hall–Kier alpha value is -1.93. The van der Waals surface area contributed by atoms with E-state index in [4.69, 9.17) is 0 Å². The van der Waals surface area contributed by atoms with E-state index < -0.39 is 5.66 Å². The van der Waals surface area contributed by atoms with E-state index in [9.17, 15) is 10.1 Å². The zero-order chi connectivity index (χ0) is 19.4. The summed E-state index contributed by atoms with van der Waals surface area (Å²) < 4.78 is 0. The van der Waals surface area contributed by atoms with E-state index >= 15 is 0 Å². The number of aryl methyl sites for hydroxylation is 1. The van der Waals surface area contributed by atoms with E-state index in [-0.39, 0.29) is 11.5 Å². The molecule has 0 aromatic heterocycles. The molecule has 2 aliphatic rings. The summed E-state index contributed by atoms with van der Waals surface area (Å²) in [4.78, 5) is 14.6. The Kier molecular flexibility index (Phi) is 6.16. The second-order valence-corrected chi connectivity index (χ2v) is 8.18. The van der Waals surface area contributed by atoms with Crippen LogP contribution in [0.25, 0.3) is 0 Å². The molecule has 1 aromatic rings. The molecule has 3 rings (SSSR count). The molecule has 0 bridgehead atoms. The van der Waals surface area contributed by atoms with Gasteiger partial charge < -0.3 is 10.2 Å². The van der Waals surface area contributed by atoms with Crippen molar-refractivity contribution in [3.63, 3.8) is 0 Å². The lowest BCUT2D eigenvalue weighted by Crippen LogP contribution is -2.64. The van der Waals surface area contributed by atoms with Crippen molar-refractivity contribution in [2.24, 2.45) is 5.92 Å². The summed E-state index contributed by atoms with van der Waals surface area (Å²) in [7, 11) is 0. The van der Waals surface area contributed by atoms with Crippen molar-refractivity contribution in [2.75, 3.05) is 4.90 Å². The summed E-state index contributed by atoms with van der Waals surface area (Å²) in [5.41, 5.74) is 1.92. The Morgan fingerprint density at radius 1 is 1.26 bits per heavy atom. The summed E-state index contributed by atoms with van der Waals surface area (Å²) in [5.74, 6) is 0.406. The average molecular weight is 384 g/mol. The van der Waals surface area contributed by atoms with Gasteiger partial charge in [-0.1, -0.05) is 38.8 Å². The molecular weight excluding hydrogens is 354 g/mol. The summed E-state index contributed by atoms with van der Waals surface area (Å²) in [6.07, 6.45) is 8.49. The van der Waals surface area contributed by atoms with Crippen LogP contribution < -0.4 is 10.2 Å². The molecule has 0 atom stereocenters. The molecular formula is C22H29N3OS. The predicted octanol–water partition coefficient (Wildman–Crippen LogP) is 4.93. The van der Waals surface area contributed by atoms with Crippen molar-refractivity contribution >= 4 is 24.2 Å². The van der Waals surface area contributed by atoms with Gasteiger partial charge in [0.25, 0.3) is 5.91 Å². The van der Waals surface area contributed by atoms with Gasteiger partial charge in [0, 0.05) is 5.69 Å². The highest BCUT2D eigenvalue weighted by Gasteiger charge is 2.47. The number of hydrogen-bond donors (Lipinski definition) is 2. The highest BCUT2D eigenvalue weighted by Crippen LogP contribution is 2.43. The average Bonchev–Trinajstić information content (AvgIpc) is 2.68. The van der Waals surface area contributed by atoms with Gasteiger partial charge in [0.15, 0.2) is 0 Å². The topological polar surface area (TPSA) is 56.1 Å². The van der Waals surface area contributed by atoms with Crippen LogP contribution in [0.4, 0.5) is 5.69 Å². The fourth-order valence-electron chi connectivity index (χ4n) is 4.32. The number of unbranched alkanes of at least 4 members (excludes halogenated alkanes) is 1. The maximum Gasteiger partial charge on any atom is 0.266 e. The SMILES string of the molecule is CCCCc1ccc(N2C(S)=C(C#N)C(=O)NC23CCC(CC)CC3)cc1. The van der Waals surface area contributed by atoms with Crippen molar-refractivity contribution in [3.05, 3.63) is 40.4 Å². The van der Waals surface area contributed by atoms with Crippen LogP contribution in [0.3, 0.4) is 0 Å². The summed E-state index contributed by atoms with van der Waals surface area (Å²) in [6.45, 7) is 4.43. The molecule has 1 heterocycles. The standard InChI is InChI=1S/C22H29N3OS/c1-3-5-6-17-7-9-18(10-8-17)25-21(27)19(15-23)20(26)24-22(25)13-11-16(4-2)12-14-22/h7-10,16,27H,3-6,11-14H2,1-2H3,(H,24,26). The molecule has 1 saturated carbocycles. The monoisotopic (exact) mass is 383 g/mol. The number of amides is 1. The molecule has 27 heavy (non-hydrogen) atoms. The summed E-state index contributed by atoms with van der Waals surface area (Å²) in [5, 5.41) is 13.1. The second-order valence-electron chi connectivity index (χ2n) is 7.75. The molecule has 0 unspecified atom stereocenters. The fraction of sp³-hybridized carbons (Fsp3) is 0.545. The van der Waals surface area contributed by atoms with Gasteiger partial charge in [-0.15, -0.1) is 12.6 Å². The van der Waals surface area contributed by atoms with Crippen molar-refractivity contribution in [1.82, 2.24) is 5.32 Å². The lowest BCUT2D eigenvalue weighted by atomic mass is 9.78. The van der Waals surface area contributed by atoms with Gasteiger partial charge in [0.1, 0.15) is 17.3 Å². The third kappa shape index (κ3) is 3.87. The first-order valence-corrected chi connectivity index (χ1v) is 10.5. The molecule has 1 aliphatic heterocycles. The molecule has 1 spiro atoms. The first-order chi connectivity index (χ1) is 13.0. The maximum atomic E-state index is 12.5. The summed E-state index contributed by atoms with van der Waals surface area (Å²) >= 11 is 4.64. The van der Waals surface area contributed by atoms with Crippen LogP contribution in [0.5, 0.6) is 0 Å². The van der Waals surface area contributed by atoms with E-state index in [1.807, 2.05) is 6.07 Å². The van der Waals surface area contributed by atoms with E-state index in [2.05, 4.69) is 61.0 Å². The number of thiol groups is 1. The van der Waals surface area contributed by atoms with Crippen LogP contribution in [0.1, 0.15) is 64.4 Å². The number of hydrogen-bond acceptors (Lipinski definition) is 4. The van der Waals surface area contributed by atoms with E-state index in [1.54, 1.807) is 0 Å². The second kappa shape index (κ2) is 8.39. The number of carbonyl (C=O) groups excluding carboxylic acids is 1. The zero-order valence-corrected chi connectivity index (χ0v) is 17.2. The van der Waals surface area contributed by atoms with Crippen LogP contribution >= 0.6 is 12.6 Å². The number of anilines is 1. The van der Waals surface area contributed by atoms with Crippen molar-refractivity contribution in [2.45, 2.75) is 70.9 Å². The highest BCUT2D eigenvalue weighted by atomic mass is 32.1. The Labute approximate surface area is 168 Å². The number of nitrogens with one attached hydrogen (secondary N) is 1. The van der Waals surface area contributed by atoms with E-state index in [0.29, 0.717) is 10.9 Å².